The highest BCUT2D eigenvalue weighted by Gasteiger charge is 1.96. The molecule has 1 aromatic rings. The van der Waals surface area contributed by atoms with Gasteiger partial charge in [-0.1, -0.05) is 50.8 Å². The van der Waals surface area contributed by atoms with E-state index in [2.05, 4.69) is 38.3 Å². The van der Waals surface area contributed by atoms with Crippen LogP contribution >= 0.6 is 0 Å². The summed E-state index contributed by atoms with van der Waals surface area (Å²) < 4.78 is 0. The molecular formula is C14H20. The Morgan fingerprint density at radius 1 is 1.29 bits per heavy atom. The molecule has 0 atom stereocenters. The van der Waals surface area contributed by atoms with Gasteiger partial charge in [-0.3, -0.25) is 0 Å². The highest BCUT2D eigenvalue weighted by molar-refractivity contribution is 5.66. The van der Waals surface area contributed by atoms with E-state index in [1.165, 1.54) is 16.7 Å². The summed E-state index contributed by atoms with van der Waals surface area (Å²) in [5.41, 5.74) is 4.74. The zero-order valence-electron chi connectivity index (χ0n) is 9.72. The van der Waals surface area contributed by atoms with Gasteiger partial charge in [0.1, 0.15) is 0 Å². The van der Waals surface area contributed by atoms with Gasteiger partial charge in [-0.25, -0.2) is 0 Å². The van der Waals surface area contributed by atoms with Gasteiger partial charge in [0, 0.05) is 0 Å². The van der Waals surface area contributed by atoms with Crippen molar-refractivity contribution in [3.05, 3.63) is 48.0 Å². The minimum Gasteiger partial charge on any atom is -0.0985 e. The zero-order valence-corrected chi connectivity index (χ0v) is 9.72. The van der Waals surface area contributed by atoms with E-state index >= 15 is 0 Å². The van der Waals surface area contributed by atoms with E-state index in [0.29, 0.717) is 0 Å². The van der Waals surface area contributed by atoms with Crippen LogP contribution in [0.25, 0.3) is 11.6 Å². The molecule has 14 heavy (non-hydrogen) atoms. The van der Waals surface area contributed by atoms with Crippen molar-refractivity contribution in [1.29, 1.82) is 0 Å². The first kappa shape index (κ1) is 12.7. The maximum atomic E-state index is 3.90. The Morgan fingerprint density at radius 2 is 1.86 bits per heavy atom. The van der Waals surface area contributed by atoms with E-state index in [1.807, 2.05) is 26.8 Å². The van der Waals surface area contributed by atoms with Gasteiger partial charge in [-0.2, -0.15) is 0 Å². The Morgan fingerprint density at radius 3 is 2.29 bits per heavy atom. The molecule has 0 radical (unpaired) electrons. The van der Waals surface area contributed by atoms with Gasteiger partial charge in [0.2, 0.25) is 0 Å². The molecule has 0 aliphatic rings. The predicted molar refractivity (Wildman–Crippen MR) is 67.3 cm³/mol. The van der Waals surface area contributed by atoms with Crippen molar-refractivity contribution in [2.75, 3.05) is 0 Å². The quantitative estimate of drug-likeness (QED) is 0.631. The van der Waals surface area contributed by atoms with Crippen LogP contribution in [-0.4, -0.2) is 0 Å². The summed E-state index contributed by atoms with van der Waals surface area (Å²) in [6, 6.07) is 6.30. The molecule has 0 heterocycles. The number of aryl methyl sites for hydroxylation is 1. The average molecular weight is 188 g/mol. The lowest BCUT2D eigenvalue weighted by Crippen LogP contribution is -1.83. The number of hydrogen-bond donors (Lipinski definition) is 0. The van der Waals surface area contributed by atoms with Gasteiger partial charge in [-0.05, 0) is 36.6 Å². The van der Waals surface area contributed by atoms with E-state index in [1.54, 1.807) is 0 Å². The molecule has 1 rings (SSSR count). The third kappa shape index (κ3) is 3.21. The van der Waals surface area contributed by atoms with Crippen molar-refractivity contribution in [3.63, 3.8) is 0 Å². The molecular weight excluding hydrogens is 168 g/mol. The molecule has 0 N–H and O–H groups in total. The van der Waals surface area contributed by atoms with Crippen LogP contribution in [0.3, 0.4) is 0 Å². The monoisotopic (exact) mass is 188 g/mol. The molecule has 0 fully saturated rings. The smallest absolute Gasteiger partial charge is 0.0227 e. The zero-order chi connectivity index (χ0) is 11.1. The van der Waals surface area contributed by atoms with Crippen molar-refractivity contribution in [2.24, 2.45) is 0 Å². The van der Waals surface area contributed by atoms with E-state index in [4.69, 9.17) is 0 Å². The predicted octanol–water partition coefficient (Wildman–Crippen LogP) is 4.70. The second-order valence-corrected chi connectivity index (χ2v) is 3.06. The van der Waals surface area contributed by atoms with Crippen molar-refractivity contribution < 1.29 is 0 Å². The molecule has 0 aromatic heterocycles. The van der Waals surface area contributed by atoms with Crippen LogP contribution in [0.2, 0.25) is 0 Å². The molecule has 0 unspecified atom stereocenters. The van der Waals surface area contributed by atoms with E-state index < -0.39 is 0 Å². The number of rotatable bonds is 2. The van der Waals surface area contributed by atoms with E-state index in [9.17, 15) is 0 Å². The number of benzene rings is 1. The molecule has 0 saturated heterocycles. The summed E-state index contributed by atoms with van der Waals surface area (Å²) in [6.45, 7) is 15.8. The summed E-state index contributed by atoms with van der Waals surface area (Å²) in [7, 11) is 0. The maximum Gasteiger partial charge on any atom is -0.0227 e. The third-order valence-electron chi connectivity index (χ3n) is 1.99. The molecule has 0 bridgehead atoms. The highest BCUT2D eigenvalue weighted by atomic mass is 14.0. The largest absolute Gasteiger partial charge is 0.0985 e. The fraction of sp³-hybridized carbons (Fsp3) is 0.286. The minimum atomic E-state index is 1.10. The first-order chi connectivity index (χ1) is 6.65. The Balaban J connectivity index is 0.000000791. The molecule has 0 amide bonds. The lowest BCUT2D eigenvalue weighted by atomic mass is 10.0. The van der Waals surface area contributed by atoms with Crippen LogP contribution in [0.4, 0.5) is 0 Å². The fourth-order valence-electron chi connectivity index (χ4n) is 1.13. The number of hydrogen-bond acceptors (Lipinski definition) is 0. The fourth-order valence-corrected chi connectivity index (χ4v) is 1.13. The number of allylic oxidation sites excluding steroid dienone is 1. The SMILES string of the molecule is C=Cc1cc(C(=C)C)ccc1C.CC. The summed E-state index contributed by atoms with van der Waals surface area (Å²) in [4.78, 5) is 0. The standard InChI is InChI=1S/C12H14.C2H6/c1-5-11-8-12(9(2)3)7-6-10(11)4;1-2/h5-8H,1-2H2,3-4H3;1-2H3. The van der Waals surface area contributed by atoms with Crippen molar-refractivity contribution in [3.8, 4) is 0 Å². The lowest BCUT2D eigenvalue weighted by Gasteiger charge is -2.04. The second kappa shape index (κ2) is 6.20. The summed E-state index contributed by atoms with van der Waals surface area (Å²) in [5.74, 6) is 0. The summed E-state index contributed by atoms with van der Waals surface area (Å²) in [6.07, 6.45) is 1.88. The third-order valence-corrected chi connectivity index (χ3v) is 1.99. The molecule has 0 spiro atoms. The molecule has 76 valence electrons. The molecule has 0 aliphatic carbocycles. The molecule has 0 aliphatic heterocycles. The lowest BCUT2D eigenvalue weighted by molar-refractivity contribution is 1.42. The van der Waals surface area contributed by atoms with Crippen LogP contribution in [0.1, 0.15) is 37.5 Å². The van der Waals surface area contributed by atoms with Crippen LogP contribution in [0.15, 0.2) is 31.4 Å². The van der Waals surface area contributed by atoms with Gasteiger partial charge in [-0.15, -0.1) is 0 Å². The molecule has 0 saturated carbocycles. The molecule has 1 aromatic carbocycles. The highest BCUT2D eigenvalue weighted by Crippen LogP contribution is 2.17. The average Bonchev–Trinajstić information content (AvgIpc) is 2.21. The minimum absolute atomic E-state index is 1.10. The first-order valence-corrected chi connectivity index (χ1v) is 5.04. The Kier molecular flexibility index (Phi) is 5.62. The van der Waals surface area contributed by atoms with Crippen LogP contribution in [0, 0.1) is 6.92 Å². The van der Waals surface area contributed by atoms with Gasteiger partial charge < -0.3 is 0 Å². The van der Waals surface area contributed by atoms with Crippen molar-refractivity contribution in [1.82, 2.24) is 0 Å². The van der Waals surface area contributed by atoms with Crippen molar-refractivity contribution >= 4 is 11.6 Å². The summed E-state index contributed by atoms with van der Waals surface area (Å²) >= 11 is 0. The van der Waals surface area contributed by atoms with Gasteiger partial charge in [0.25, 0.3) is 0 Å². The molecule has 0 heteroatoms. The second-order valence-electron chi connectivity index (χ2n) is 3.06. The van der Waals surface area contributed by atoms with Crippen molar-refractivity contribution in [2.45, 2.75) is 27.7 Å². The van der Waals surface area contributed by atoms with E-state index in [0.717, 1.165) is 5.57 Å². The topological polar surface area (TPSA) is 0 Å². The summed E-state index contributed by atoms with van der Waals surface area (Å²) in [5, 5.41) is 0. The Labute approximate surface area is 88.0 Å². The normalized spacial score (nSPS) is 8.57. The maximum absolute atomic E-state index is 3.90. The van der Waals surface area contributed by atoms with Crippen LogP contribution in [0.5, 0.6) is 0 Å². The van der Waals surface area contributed by atoms with Gasteiger partial charge >= 0.3 is 0 Å². The first-order valence-electron chi connectivity index (χ1n) is 5.04. The van der Waals surface area contributed by atoms with Crippen LogP contribution in [-0.2, 0) is 0 Å². The van der Waals surface area contributed by atoms with Gasteiger partial charge in [0.05, 0.1) is 0 Å². The Bertz CT molecular complexity index is 319. The van der Waals surface area contributed by atoms with Crippen LogP contribution < -0.4 is 0 Å². The molecule has 0 nitrogen and oxygen atoms in total. The Hall–Kier alpha value is -1.30. The van der Waals surface area contributed by atoms with Gasteiger partial charge in [0.15, 0.2) is 0 Å². The van der Waals surface area contributed by atoms with E-state index in [-0.39, 0.29) is 0 Å².